The Labute approximate surface area is 148 Å². The van der Waals surface area contributed by atoms with Gasteiger partial charge < -0.3 is 20.7 Å². The number of carbonyl (C=O) groups is 2. The highest BCUT2D eigenvalue weighted by Gasteiger charge is 2.50. The molecule has 3 N–H and O–H groups in total. The largest absolute Gasteiger partial charge is 0.461 e. The Morgan fingerprint density at radius 1 is 1.44 bits per heavy atom. The number of amides is 1. The maximum Gasteiger partial charge on any atom is 0.354 e. The van der Waals surface area contributed by atoms with Gasteiger partial charge in [-0.1, -0.05) is 6.92 Å². The summed E-state index contributed by atoms with van der Waals surface area (Å²) in [4.78, 5) is 31.2. The molecule has 1 atom stereocenters. The van der Waals surface area contributed by atoms with Crippen molar-refractivity contribution in [2.45, 2.75) is 45.1 Å². The monoisotopic (exact) mass is 348 g/mol. The van der Waals surface area contributed by atoms with E-state index >= 15 is 0 Å². The number of piperazine rings is 1. The first kappa shape index (κ1) is 17.9. The van der Waals surface area contributed by atoms with Crippen LogP contribution in [0.25, 0.3) is 0 Å². The number of carbonyl (C=O) groups excluding carboxylic acids is 2. The Morgan fingerprint density at radius 2 is 2.20 bits per heavy atom. The van der Waals surface area contributed by atoms with E-state index in [1.165, 1.54) is 0 Å². The fourth-order valence-electron chi connectivity index (χ4n) is 3.89. The summed E-state index contributed by atoms with van der Waals surface area (Å²) in [7, 11) is 0. The topological polar surface area (TPSA) is 97.0 Å². The molecule has 7 heteroatoms. The number of hydrogen-bond acceptors (Lipinski definition) is 6. The predicted molar refractivity (Wildman–Crippen MR) is 95.1 cm³/mol. The van der Waals surface area contributed by atoms with Crippen molar-refractivity contribution in [1.29, 1.82) is 0 Å². The lowest BCUT2D eigenvalue weighted by molar-refractivity contribution is -0.138. The number of ether oxygens (including phenoxy) is 1. The van der Waals surface area contributed by atoms with Gasteiger partial charge in [-0.15, -0.1) is 0 Å². The third-order valence-electron chi connectivity index (χ3n) is 5.48. The van der Waals surface area contributed by atoms with E-state index in [-0.39, 0.29) is 36.2 Å². The summed E-state index contributed by atoms with van der Waals surface area (Å²) in [6.07, 6.45) is 3.78. The van der Waals surface area contributed by atoms with Gasteiger partial charge in [0.25, 0.3) is 0 Å². The van der Waals surface area contributed by atoms with Crippen molar-refractivity contribution in [3.8, 4) is 0 Å². The van der Waals surface area contributed by atoms with E-state index in [2.05, 4.69) is 10.3 Å². The van der Waals surface area contributed by atoms with Crippen LogP contribution in [0.1, 0.15) is 39.5 Å². The molecular weight excluding hydrogens is 320 g/mol. The molecule has 3 rings (SSSR count). The van der Waals surface area contributed by atoms with E-state index in [0.29, 0.717) is 0 Å². The molecule has 2 saturated carbocycles. The molecule has 25 heavy (non-hydrogen) atoms. The average molecular weight is 348 g/mol. The number of allylic oxidation sites excluding steroid dienone is 1. The number of esters is 1. The lowest BCUT2D eigenvalue weighted by atomic mass is 10.0. The first-order valence-electron chi connectivity index (χ1n) is 9.20. The minimum atomic E-state index is -0.496. The highest BCUT2D eigenvalue weighted by atomic mass is 16.5. The molecule has 138 valence electrons. The summed E-state index contributed by atoms with van der Waals surface area (Å²) in [5, 5.41) is 3.37. The minimum Gasteiger partial charge on any atom is -0.461 e. The van der Waals surface area contributed by atoms with Gasteiger partial charge in [-0.2, -0.15) is 0 Å². The zero-order valence-corrected chi connectivity index (χ0v) is 15.1. The molecule has 1 spiro atoms. The van der Waals surface area contributed by atoms with Crippen LogP contribution in [0, 0.1) is 5.92 Å². The van der Waals surface area contributed by atoms with Crippen LogP contribution in [0.3, 0.4) is 0 Å². The zero-order chi connectivity index (χ0) is 18.0. The van der Waals surface area contributed by atoms with Crippen LogP contribution in [0.15, 0.2) is 16.3 Å². The fraction of sp³-hybridized carbons (Fsp3) is 0.722. The second-order valence-corrected chi connectivity index (χ2v) is 7.20. The molecule has 0 aromatic rings. The van der Waals surface area contributed by atoms with Crippen molar-refractivity contribution in [2.75, 3.05) is 32.8 Å². The summed E-state index contributed by atoms with van der Waals surface area (Å²) in [5.41, 5.74) is 7.72. The first-order chi connectivity index (χ1) is 12.0. The fourth-order valence-corrected chi connectivity index (χ4v) is 3.89. The van der Waals surface area contributed by atoms with E-state index in [1.807, 2.05) is 11.8 Å². The number of nitrogens with zero attached hydrogens (tertiary/aromatic N) is 2. The number of hydrogen-bond donors (Lipinski definition) is 2. The molecule has 3 aliphatic rings. The van der Waals surface area contributed by atoms with Crippen molar-refractivity contribution >= 4 is 17.6 Å². The van der Waals surface area contributed by atoms with Gasteiger partial charge in [0.15, 0.2) is 0 Å². The van der Waals surface area contributed by atoms with Crippen molar-refractivity contribution in [1.82, 2.24) is 10.2 Å². The highest BCUT2D eigenvalue weighted by molar-refractivity contribution is 6.08. The Balaban J connectivity index is 1.72. The van der Waals surface area contributed by atoms with E-state index in [4.69, 9.17) is 10.5 Å². The number of rotatable bonds is 4. The second-order valence-electron chi connectivity index (χ2n) is 7.20. The first-order valence-corrected chi connectivity index (χ1v) is 9.20. The molecule has 0 aromatic heterocycles. The van der Waals surface area contributed by atoms with Crippen LogP contribution in [-0.2, 0) is 14.3 Å². The van der Waals surface area contributed by atoms with Crippen LogP contribution >= 0.6 is 0 Å². The molecule has 0 aromatic carbocycles. The summed E-state index contributed by atoms with van der Waals surface area (Å²) >= 11 is 0. The van der Waals surface area contributed by atoms with Gasteiger partial charge in [0, 0.05) is 30.9 Å². The average Bonchev–Trinajstić information content (AvgIpc) is 3.26. The minimum absolute atomic E-state index is 0.0289. The van der Waals surface area contributed by atoms with Gasteiger partial charge in [-0.05, 0) is 38.5 Å². The molecule has 0 bridgehead atoms. The van der Waals surface area contributed by atoms with Crippen molar-refractivity contribution in [3.05, 3.63) is 11.3 Å². The maximum absolute atomic E-state index is 12.7. The number of aliphatic imine (C=N–C) groups is 1. The lowest BCUT2D eigenvalue weighted by Crippen LogP contribution is -2.56. The Bertz CT molecular complexity index is 622. The van der Waals surface area contributed by atoms with E-state index in [9.17, 15) is 9.59 Å². The van der Waals surface area contributed by atoms with E-state index in [0.717, 1.165) is 56.6 Å². The van der Waals surface area contributed by atoms with Gasteiger partial charge in [0.1, 0.15) is 12.2 Å². The van der Waals surface area contributed by atoms with Gasteiger partial charge in [0.05, 0.1) is 12.1 Å². The third-order valence-corrected chi connectivity index (χ3v) is 5.48. The normalized spacial score (nSPS) is 28.3. The second kappa shape index (κ2) is 7.15. The third kappa shape index (κ3) is 3.56. The zero-order valence-electron chi connectivity index (χ0n) is 15.1. The van der Waals surface area contributed by atoms with Crippen LogP contribution in [0.2, 0.25) is 0 Å². The van der Waals surface area contributed by atoms with Crippen LogP contribution < -0.4 is 11.1 Å². The van der Waals surface area contributed by atoms with Crippen LogP contribution in [0.5, 0.6) is 0 Å². The molecule has 1 saturated heterocycles. The van der Waals surface area contributed by atoms with Gasteiger partial charge in [-0.3, -0.25) is 9.79 Å². The summed E-state index contributed by atoms with van der Waals surface area (Å²) in [6, 6.07) is 0. The highest BCUT2D eigenvalue weighted by Crippen LogP contribution is 2.42. The van der Waals surface area contributed by atoms with Gasteiger partial charge in [0.2, 0.25) is 5.91 Å². The molecule has 7 nitrogen and oxygen atoms in total. The summed E-state index contributed by atoms with van der Waals surface area (Å²) in [5.74, 6) is -0.267. The van der Waals surface area contributed by atoms with Gasteiger partial charge in [-0.25, -0.2) is 4.79 Å². The number of nitrogens with one attached hydrogen (secondary N) is 1. The SMILES string of the molecule is CCOC(=O)/C(N)=C1/C(=NCC(=O)N2CCNCC23CC3)CCC1C. The van der Waals surface area contributed by atoms with Crippen LogP contribution in [0.4, 0.5) is 0 Å². The van der Waals surface area contributed by atoms with Gasteiger partial charge >= 0.3 is 5.97 Å². The number of nitrogens with two attached hydrogens (primary N) is 1. The Hall–Kier alpha value is -1.89. The van der Waals surface area contributed by atoms with E-state index < -0.39 is 5.97 Å². The lowest BCUT2D eigenvalue weighted by Gasteiger charge is -2.36. The van der Waals surface area contributed by atoms with E-state index in [1.54, 1.807) is 6.92 Å². The molecule has 0 radical (unpaired) electrons. The van der Waals surface area contributed by atoms with Crippen molar-refractivity contribution < 1.29 is 14.3 Å². The molecule has 3 fully saturated rings. The molecule has 1 heterocycles. The molecule has 2 aliphatic carbocycles. The quantitative estimate of drug-likeness (QED) is 0.573. The Kier molecular flexibility index (Phi) is 5.13. The summed E-state index contributed by atoms with van der Waals surface area (Å²) in [6.45, 7) is 6.66. The molecule has 1 aliphatic heterocycles. The Morgan fingerprint density at radius 3 is 2.88 bits per heavy atom. The predicted octanol–water partition coefficient (Wildman–Crippen LogP) is 0.598. The van der Waals surface area contributed by atoms with Crippen molar-refractivity contribution in [3.63, 3.8) is 0 Å². The molecular formula is C18H28N4O3. The molecule has 1 amide bonds. The standard InChI is InChI=1S/C18H28N4O3/c1-3-25-17(24)16(19)15-12(2)4-5-13(15)21-10-14(23)22-9-8-20-11-18(22)6-7-18/h12,20H,3-11,19H2,1-2H3/b16-15-,21-13?. The molecule has 1 unspecified atom stereocenters. The van der Waals surface area contributed by atoms with Crippen molar-refractivity contribution in [2.24, 2.45) is 16.6 Å². The maximum atomic E-state index is 12.7. The smallest absolute Gasteiger partial charge is 0.354 e. The van der Waals surface area contributed by atoms with Crippen LogP contribution in [-0.4, -0.2) is 60.8 Å². The summed E-state index contributed by atoms with van der Waals surface area (Å²) < 4.78 is 5.01.